The van der Waals surface area contributed by atoms with Crippen LogP contribution < -0.4 is 5.32 Å². The van der Waals surface area contributed by atoms with E-state index >= 15 is 0 Å². The van der Waals surface area contributed by atoms with E-state index in [-0.39, 0.29) is 12.5 Å². The molecule has 2 heterocycles. The summed E-state index contributed by atoms with van der Waals surface area (Å²) in [6, 6.07) is 2.14. The summed E-state index contributed by atoms with van der Waals surface area (Å²) in [5.41, 5.74) is 2.21. The van der Waals surface area contributed by atoms with Crippen LogP contribution in [0, 0.1) is 5.92 Å². The molecule has 1 aromatic heterocycles. The van der Waals surface area contributed by atoms with Crippen molar-refractivity contribution in [3.05, 3.63) is 17.5 Å². The molecule has 1 aliphatic heterocycles. The van der Waals surface area contributed by atoms with Crippen LogP contribution in [-0.4, -0.2) is 47.4 Å². The molecule has 0 unspecified atom stereocenters. The molecule has 23 heavy (non-hydrogen) atoms. The van der Waals surface area contributed by atoms with Gasteiger partial charge in [-0.1, -0.05) is 12.8 Å². The smallest absolute Gasteiger partial charge is 0.246 e. The Hall–Kier alpha value is -1.40. The first kappa shape index (κ1) is 16.5. The van der Waals surface area contributed by atoms with Gasteiger partial charge >= 0.3 is 0 Å². The third kappa shape index (κ3) is 4.54. The lowest BCUT2D eigenvalue weighted by Crippen LogP contribution is -2.28. The molecule has 1 fully saturated rings. The standard InChI is InChI=1S/C17H28N4O2/c1-23-13-17(22)18-10-15-9-16-12-20(7-4-8-21(16)19-15)11-14-5-2-3-6-14/h9,14H,2-8,10-13H2,1H3,(H,18,22). The number of hydrogen-bond donors (Lipinski definition) is 1. The fourth-order valence-corrected chi connectivity index (χ4v) is 3.76. The monoisotopic (exact) mass is 320 g/mol. The summed E-state index contributed by atoms with van der Waals surface area (Å²) < 4.78 is 6.94. The molecule has 1 saturated carbocycles. The first-order valence-electron chi connectivity index (χ1n) is 8.78. The number of nitrogens with zero attached hydrogens (tertiary/aromatic N) is 3. The van der Waals surface area contributed by atoms with Gasteiger partial charge in [-0.3, -0.25) is 14.4 Å². The zero-order valence-corrected chi connectivity index (χ0v) is 14.1. The van der Waals surface area contributed by atoms with Crippen molar-refractivity contribution in [3.8, 4) is 0 Å². The maximum atomic E-state index is 11.5. The van der Waals surface area contributed by atoms with Gasteiger partial charge in [-0.2, -0.15) is 5.10 Å². The summed E-state index contributed by atoms with van der Waals surface area (Å²) in [4.78, 5) is 14.1. The Morgan fingerprint density at radius 1 is 1.35 bits per heavy atom. The number of hydrogen-bond acceptors (Lipinski definition) is 4. The second kappa shape index (κ2) is 7.93. The Morgan fingerprint density at radius 2 is 2.17 bits per heavy atom. The Labute approximate surface area is 138 Å². The van der Waals surface area contributed by atoms with Gasteiger partial charge in [-0.15, -0.1) is 0 Å². The predicted molar refractivity (Wildman–Crippen MR) is 87.8 cm³/mol. The number of aryl methyl sites for hydroxylation is 1. The van der Waals surface area contributed by atoms with Gasteiger partial charge in [0.15, 0.2) is 0 Å². The first-order valence-corrected chi connectivity index (χ1v) is 8.78. The molecule has 6 heteroatoms. The van der Waals surface area contributed by atoms with Gasteiger partial charge in [0.2, 0.25) is 5.91 Å². The number of rotatable bonds is 6. The Bertz CT molecular complexity index is 523. The summed E-state index contributed by atoms with van der Waals surface area (Å²) >= 11 is 0. The van der Waals surface area contributed by atoms with Gasteiger partial charge < -0.3 is 10.1 Å². The van der Waals surface area contributed by atoms with E-state index < -0.39 is 0 Å². The van der Waals surface area contributed by atoms with E-state index in [0.717, 1.165) is 31.1 Å². The van der Waals surface area contributed by atoms with E-state index in [1.165, 1.54) is 51.6 Å². The van der Waals surface area contributed by atoms with Crippen molar-refractivity contribution in [2.24, 2.45) is 5.92 Å². The average molecular weight is 320 g/mol. The molecule has 0 saturated heterocycles. The quantitative estimate of drug-likeness (QED) is 0.864. The molecule has 1 N–H and O–H groups in total. The first-order chi connectivity index (χ1) is 11.2. The van der Waals surface area contributed by atoms with Gasteiger partial charge in [0.25, 0.3) is 0 Å². The van der Waals surface area contributed by atoms with E-state index in [9.17, 15) is 4.79 Å². The maximum absolute atomic E-state index is 11.5. The molecule has 0 spiro atoms. The molecule has 1 amide bonds. The molecule has 1 aliphatic carbocycles. The zero-order valence-electron chi connectivity index (χ0n) is 14.1. The van der Waals surface area contributed by atoms with Crippen LogP contribution in [0.3, 0.4) is 0 Å². The van der Waals surface area contributed by atoms with Crippen LogP contribution in [0.2, 0.25) is 0 Å². The zero-order chi connectivity index (χ0) is 16.1. The van der Waals surface area contributed by atoms with Crippen LogP contribution in [0.25, 0.3) is 0 Å². The number of amides is 1. The van der Waals surface area contributed by atoms with Crippen molar-refractivity contribution in [3.63, 3.8) is 0 Å². The number of aromatic nitrogens is 2. The number of nitrogens with one attached hydrogen (secondary N) is 1. The van der Waals surface area contributed by atoms with Crippen LogP contribution in [0.15, 0.2) is 6.07 Å². The summed E-state index contributed by atoms with van der Waals surface area (Å²) in [5, 5.41) is 7.48. The summed E-state index contributed by atoms with van der Waals surface area (Å²) in [7, 11) is 1.53. The topological polar surface area (TPSA) is 59.4 Å². The van der Waals surface area contributed by atoms with Gasteiger partial charge in [-0.25, -0.2) is 0 Å². The minimum absolute atomic E-state index is 0.0986. The highest BCUT2D eigenvalue weighted by atomic mass is 16.5. The molecule has 128 valence electrons. The molecule has 0 bridgehead atoms. The van der Waals surface area contributed by atoms with Crippen LogP contribution in [0.5, 0.6) is 0 Å². The number of methoxy groups -OCH3 is 1. The molecular weight excluding hydrogens is 292 g/mol. The molecule has 1 aromatic rings. The maximum Gasteiger partial charge on any atom is 0.246 e. The SMILES string of the molecule is COCC(=O)NCc1cc2n(n1)CCCN(CC1CCCC1)C2. The Balaban J connectivity index is 1.56. The fourth-order valence-electron chi connectivity index (χ4n) is 3.76. The largest absolute Gasteiger partial charge is 0.375 e. The Kier molecular flexibility index (Phi) is 5.67. The highest BCUT2D eigenvalue weighted by Gasteiger charge is 2.22. The van der Waals surface area contributed by atoms with E-state index in [4.69, 9.17) is 4.74 Å². The van der Waals surface area contributed by atoms with Crippen molar-refractivity contribution in [1.82, 2.24) is 20.0 Å². The summed E-state index contributed by atoms with van der Waals surface area (Å²) in [6.07, 6.45) is 6.75. The highest BCUT2D eigenvalue weighted by Crippen LogP contribution is 2.26. The number of carbonyl (C=O) groups is 1. The summed E-state index contributed by atoms with van der Waals surface area (Å²) in [6.45, 7) is 4.93. The second-order valence-electron chi connectivity index (χ2n) is 6.80. The van der Waals surface area contributed by atoms with Crippen molar-refractivity contribution >= 4 is 5.91 Å². The minimum Gasteiger partial charge on any atom is -0.375 e. The third-order valence-electron chi connectivity index (χ3n) is 4.88. The number of fused-ring (bicyclic) bond motifs is 1. The Morgan fingerprint density at radius 3 is 2.96 bits per heavy atom. The lowest BCUT2D eigenvalue weighted by molar-refractivity contribution is -0.124. The van der Waals surface area contributed by atoms with Crippen molar-refractivity contribution < 1.29 is 9.53 Å². The van der Waals surface area contributed by atoms with E-state index in [2.05, 4.69) is 26.1 Å². The van der Waals surface area contributed by atoms with Crippen molar-refractivity contribution in [2.75, 3.05) is 26.8 Å². The molecule has 3 rings (SSSR count). The lowest BCUT2D eigenvalue weighted by atomic mass is 10.1. The van der Waals surface area contributed by atoms with Crippen molar-refractivity contribution in [2.45, 2.75) is 51.7 Å². The molecule has 2 aliphatic rings. The number of ether oxygens (including phenoxy) is 1. The molecule has 0 radical (unpaired) electrons. The van der Waals surface area contributed by atoms with Crippen LogP contribution >= 0.6 is 0 Å². The molecule has 6 nitrogen and oxygen atoms in total. The normalized spacial score (nSPS) is 19.5. The molecule has 0 atom stereocenters. The van der Waals surface area contributed by atoms with Gasteiger partial charge in [0.1, 0.15) is 6.61 Å². The molecule has 0 aromatic carbocycles. The number of carbonyl (C=O) groups excluding carboxylic acids is 1. The van der Waals surface area contributed by atoms with Gasteiger partial charge in [0.05, 0.1) is 17.9 Å². The lowest BCUT2D eigenvalue weighted by Gasteiger charge is -2.23. The van der Waals surface area contributed by atoms with Crippen LogP contribution in [-0.2, 0) is 29.2 Å². The van der Waals surface area contributed by atoms with Crippen LogP contribution in [0.4, 0.5) is 0 Å². The minimum atomic E-state index is -0.0986. The third-order valence-corrected chi connectivity index (χ3v) is 4.88. The average Bonchev–Trinajstić information content (AvgIpc) is 3.12. The van der Waals surface area contributed by atoms with Crippen molar-refractivity contribution in [1.29, 1.82) is 0 Å². The van der Waals surface area contributed by atoms with Gasteiger partial charge in [0, 0.05) is 33.3 Å². The van der Waals surface area contributed by atoms with E-state index in [1.807, 2.05) is 0 Å². The molecular formula is C17H28N4O2. The van der Waals surface area contributed by atoms with E-state index in [1.54, 1.807) is 0 Å². The van der Waals surface area contributed by atoms with Gasteiger partial charge in [-0.05, 0) is 31.2 Å². The van der Waals surface area contributed by atoms with Crippen LogP contribution in [0.1, 0.15) is 43.5 Å². The highest BCUT2D eigenvalue weighted by molar-refractivity contribution is 5.77. The fraction of sp³-hybridized carbons (Fsp3) is 0.765. The summed E-state index contributed by atoms with van der Waals surface area (Å²) in [5.74, 6) is 0.788. The second-order valence-corrected chi connectivity index (χ2v) is 6.80. The van der Waals surface area contributed by atoms with E-state index in [0.29, 0.717) is 6.54 Å². The predicted octanol–water partition coefficient (Wildman–Crippen LogP) is 1.54.